The molecule has 0 unspecified atom stereocenters. The number of rotatable bonds is 6. The number of thioether (sulfide) groups is 1. The monoisotopic (exact) mass is 345 g/mol. The van der Waals surface area contributed by atoms with Crippen LogP contribution < -0.4 is 5.32 Å². The molecule has 2 heterocycles. The maximum Gasteiger partial charge on any atom is 0.230 e. The summed E-state index contributed by atoms with van der Waals surface area (Å²) in [6.07, 6.45) is 3.74. The molecule has 24 heavy (non-hydrogen) atoms. The van der Waals surface area contributed by atoms with Crippen molar-refractivity contribution in [2.75, 3.05) is 25.4 Å². The van der Waals surface area contributed by atoms with Crippen molar-refractivity contribution in [3.05, 3.63) is 36.7 Å². The Morgan fingerprint density at radius 2 is 2.04 bits per heavy atom. The minimum atomic E-state index is 0.0672. The predicted molar refractivity (Wildman–Crippen MR) is 95.4 cm³/mol. The van der Waals surface area contributed by atoms with Gasteiger partial charge in [0.2, 0.25) is 5.91 Å². The normalized spacial score (nSPS) is 16.2. The smallest absolute Gasteiger partial charge is 0.230 e. The van der Waals surface area contributed by atoms with Crippen molar-refractivity contribution < 1.29 is 4.79 Å². The number of piperidine rings is 1. The van der Waals surface area contributed by atoms with Crippen LogP contribution in [-0.2, 0) is 4.79 Å². The molecule has 0 radical (unpaired) electrons. The molecule has 0 saturated carbocycles. The highest BCUT2D eigenvalue weighted by Gasteiger charge is 2.20. The zero-order valence-electron chi connectivity index (χ0n) is 13.9. The predicted octanol–water partition coefficient (Wildman–Crippen LogP) is 1.96. The maximum absolute atomic E-state index is 12.2. The van der Waals surface area contributed by atoms with Gasteiger partial charge in [0.25, 0.3) is 0 Å². The summed E-state index contributed by atoms with van der Waals surface area (Å²) < 4.78 is 1.90. The molecule has 2 aromatic rings. The van der Waals surface area contributed by atoms with Crippen molar-refractivity contribution in [2.45, 2.75) is 31.0 Å². The van der Waals surface area contributed by atoms with E-state index in [1.54, 1.807) is 6.33 Å². The summed E-state index contributed by atoms with van der Waals surface area (Å²) in [5.41, 5.74) is 0.998. The van der Waals surface area contributed by atoms with E-state index in [4.69, 9.17) is 0 Å². The molecule has 7 heteroatoms. The first-order chi connectivity index (χ1) is 11.8. The molecule has 1 aliphatic heterocycles. The lowest BCUT2D eigenvalue weighted by molar-refractivity contribution is -0.119. The van der Waals surface area contributed by atoms with Gasteiger partial charge in [-0.1, -0.05) is 36.9 Å². The molecule has 0 aliphatic carbocycles. The van der Waals surface area contributed by atoms with E-state index in [0.717, 1.165) is 43.3 Å². The van der Waals surface area contributed by atoms with Crippen molar-refractivity contribution in [2.24, 2.45) is 0 Å². The molecule has 3 rings (SSSR count). The van der Waals surface area contributed by atoms with Gasteiger partial charge in [-0.25, -0.2) is 0 Å². The minimum Gasteiger partial charge on any atom is -0.353 e. The summed E-state index contributed by atoms with van der Waals surface area (Å²) in [7, 11) is 0. The van der Waals surface area contributed by atoms with Crippen LogP contribution in [0, 0.1) is 0 Å². The molecule has 1 aliphatic rings. The Hall–Kier alpha value is -1.86. The average molecular weight is 345 g/mol. The van der Waals surface area contributed by atoms with Crippen LogP contribution in [0.1, 0.15) is 19.8 Å². The largest absolute Gasteiger partial charge is 0.353 e. The average Bonchev–Trinajstić information content (AvgIpc) is 3.10. The Kier molecular flexibility index (Phi) is 5.87. The van der Waals surface area contributed by atoms with E-state index in [9.17, 15) is 4.79 Å². The van der Waals surface area contributed by atoms with Gasteiger partial charge in [-0.05, 0) is 31.5 Å². The van der Waals surface area contributed by atoms with Gasteiger partial charge in [0.1, 0.15) is 6.33 Å². The topological polar surface area (TPSA) is 63.1 Å². The quantitative estimate of drug-likeness (QED) is 0.811. The van der Waals surface area contributed by atoms with Crippen LogP contribution in [-0.4, -0.2) is 57.0 Å². The van der Waals surface area contributed by atoms with Crippen LogP contribution in [0.15, 0.2) is 41.8 Å². The fourth-order valence-corrected chi connectivity index (χ4v) is 3.62. The molecule has 1 saturated heterocycles. The Balaban J connectivity index is 1.50. The molecule has 1 aromatic heterocycles. The number of nitrogens with zero attached hydrogens (tertiary/aromatic N) is 4. The Bertz CT molecular complexity index is 652. The summed E-state index contributed by atoms with van der Waals surface area (Å²) >= 11 is 1.42. The number of para-hydroxylation sites is 1. The van der Waals surface area contributed by atoms with Crippen LogP contribution in [0.2, 0.25) is 0 Å². The molecule has 128 valence electrons. The number of carbonyl (C=O) groups excluding carboxylic acids is 1. The van der Waals surface area contributed by atoms with E-state index in [1.165, 1.54) is 11.8 Å². The van der Waals surface area contributed by atoms with E-state index in [-0.39, 0.29) is 5.91 Å². The number of likely N-dealkylation sites (tertiary alicyclic amines) is 1. The van der Waals surface area contributed by atoms with E-state index in [2.05, 4.69) is 27.3 Å². The lowest BCUT2D eigenvalue weighted by Crippen LogP contribution is -2.45. The van der Waals surface area contributed by atoms with Crippen molar-refractivity contribution in [1.82, 2.24) is 25.0 Å². The summed E-state index contributed by atoms with van der Waals surface area (Å²) in [5.74, 6) is 0.428. The number of hydrogen-bond acceptors (Lipinski definition) is 5. The van der Waals surface area contributed by atoms with Crippen LogP contribution in [0.25, 0.3) is 5.69 Å². The summed E-state index contributed by atoms with van der Waals surface area (Å²) in [6, 6.07) is 10.2. The lowest BCUT2D eigenvalue weighted by Gasteiger charge is -2.31. The van der Waals surface area contributed by atoms with Crippen LogP contribution in [0.4, 0.5) is 0 Å². The molecule has 0 bridgehead atoms. The van der Waals surface area contributed by atoms with Crippen LogP contribution >= 0.6 is 11.8 Å². The second-order valence-electron chi connectivity index (χ2n) is 5.88. The molecule has 1 aromatic carbocycles. The third-order valence-corrected chi connectivity index (χ3v) is 5.23. The second-order valence-corrected chi connectivity index (χ2v) is 6.83. The van der Waals surface area contributed by atoms with E-state index in [1.807, 2.05) is 34.9 Å². The molecule has 0 atom stereocenters. The molecular weight excluding hydrogens is 322 g/mol. The molecule has 6 nitrogen and oxygen atoms in total. The van der Waals surface area contributed by atoms with Crippen LogP contribution in [0.3, 0.4) is 0 Å². The van der Waals surface area contributed by atoms with Crippen molar-refractivity contribution in [1.29, 1.82) is 0 Å². The van der Waals surface area contributed by atoms with Gasteiger partial charge < -0.3 is 10.2 Å². The van der Waals surface area contributed by atoms with Gasteiger partial charge in [-0.3, -0.25) is 9.36 Å². The number of amides is 1. The first-order valence-corrected chi connectivity index (χ1v) is 9.34. The summed E-state index contributed by atoms with van der Waals surface area (Å²) in [6.45, 7) is 5.40. The van der Waals surface area contributed by atoms with Gasteiger partial charge in [-0.2, -0.15) is 0 Å². The van der Waals surface area contributed by atoms with E-state index >= 15 is 0 Å². The summed E-state index contributed by atoms with van der Waals surface area (Å²) in [5, 5.41) is 12.0. The van der Waals surface area contributed by atoms with Gasteiger partial charge in [0.15, 0.2) is 5.16 Å². The highest BCUT2D eigenvalue weighted by Crippen LogP contribution is 2.19. The SMILES string of the molecule is CCN1CCC(NC(=O)CSc2nncn2-c2ccccc2)CC1. The Labute approximate surface area is 146 Å². The zero-order chi connectivity index (χ0) is 16.8. The number of aromatic nitrogens is 3. The molecule has 1 amide bonds. The Morgan fingerprint density at radius 1 is 1.29 bits per heavy atom. The van der Waals surface area contributed by atoms with Crippen molar-refractivity contribution in [3.63, 3.8) is 0 Å². The molecule has 1 N–H and O–H groups in total. The molecular formula is C17H23N5OS. The van der Waals surface area contributed by atoms with Crippen LogP contribution in [0.5, 0.6) is 0 Å². The molecule has 1 fully saturated rings. The zero-order valence-corrected chi connectivity index (χ0v) is 14.7. The van der Waals surface area contributed by atoms with Crippen molar-refractivity contribution >= 4 is 17.7 Å². The number of hydrogen-bond donors (Lipinski definition) is 1. The van der Waals surface area contributed by atoms with E-state index in [0.29, 0.717) is 11.8 Å². The number of carbonyl (C=O) groups is 1. The van der Waals surface area contributed by atoms with Gasteiger partial charge in [-0.15, -0.1) is 10.2 Å². The third-order valence-electron chi connectivity index (χ3n) is 4.28. The maximum atomic E-state index is 12.2. The standard InChI is InChI=1S/C17H23N5OS/c1-2-21-10-8-14(9-11-21)19-16(23)12-24-17-20-18-13-22(17)15-6-4-3-5-7-15/h3-7,13-14H,2,8-12H2,1H3,(H,19,23). The second kappa shape index (κ2) is 8.30. The molecule has 0 spiro atoms. The minimum absolute atomic E-state index is 0.0672. The van der Waals surface area contributed by atoms with Crippen molar-refractivity contribution in [3.8, 4) is 5.69 Å². The lowest BCUT2D eigenvalue weighted by atomic mass is 10.1. The fourth-order valence-electron chi connectivity index (χ4n) is 2.88. The first-order valence-electron chi connectivity index (χ1n) is 8.36. The third kappa shape index (κ3) is 4.36. The highest BCUT2D eigenvalue weighted by atomic mass is 32.2. The number of nitrogens with one attached hydrogen (secondary N) is 1. The van der Waals surface area contributed by atoms with Gasteiger partial charge >= 0.3 is 0 Å². The van der Waals surface area contributed by atoms with E-state index < -0.39 is 0 Å². The van der Waals surface area contributed by atoms with Gasteiger partial charge in [0, 0.05) is 24.8 Å². The fraction of sp³-hybridized carbons (Fsp3) is 0.471. The highest BCUT2D eigenvalue weighted by molar-refractivity contribution is 7.99. The Morgan fingerprint density at radius 3 is 2.75 bits per heavy atom. The number of benzene rings is 1. The first kappa shape index (κ1) is 17.0. The van der Waals surface area contributed by atoms with Gasteiger partial charge in [0.05, 0.1) is 5.75 Å². The summed E-state index contributed by atoms with van der Waals surface area (Å²) in [4.78, 5) is 14.6.